The molecule has 2 nitrogen and oxygen atoms in total. The highest BCUT2D eigenvalue weighted by Gasteiger charge is 2.40. The Labute approximate surface area is 79.3 Å². The molecule has 2 atom stereocenters. The molecule has 0 aliphatic carbocycles. The third-order valence-corrected chi connectivity index (χ3v) is 2.70. The van der Waals surface area contributed by atoms with E-state index >= 15 is 0 Å². The molecule has 1 saturated heterocycles. The summed E-state index contributed by atoms with van der Waals surface area (Å²) in [6, 6.07) is 7.91. The van der Waals surface area contributed by atoms with E-state index in [1.165, 1.54) is 0 Å². The molecule has 1 aliphatic heterocycles. The van der Waals surface area contributed by atoms with Gasteiger partial charge in [0, 0.05) is 4.47 Å². The molecule has 1 aliphatic rings. The van der Waals surface area contributed by atoms with Crippen LogP contribution in [0.15, 0.2) is 28.7 Å². The molecule has 0 bridgehead atoms. The highest BCUT2D eigenvalue weighted by Crippen LogP contribution is 2.41. The molecule has 64 valence electrons. The Morgan fingerprint density at radius 2 is 2.17 bits per heavy atom. The van der Waals surface area contributed by atoms with Gasteiger partial charge in [0.2, 0.25) is 0 Å². The average molecular weight is 229 g/mol. The molecule has 1 heterocycles. The fraction of sp³-hybridized carbons (Fsp3) is 0.333. The van der Waals surface area contributed by atoms with E-state index in [9.17, 15) is 0 Å². The molecule has 2 unspecified atom stereocenters. The summed E-state index contributed by atoms with van der Waals surface area (Å²) in [5, 5.41) is 8.79. The zero-order chi connectivity index (χ0) is 8.55. The van der Waals surface area contributed by atoms with Gasteiger partial charge in [-0.15, -0.1) is 0 Å². The number of benzene rings is 1. The van der Waals surface area contributed by atoms with E-state index in [-0.39, 0.29) is 18.8 Å². The van der Waals surface area contributed by atoms with Gasteiger partial charge in [-0.3, -0.25) is 0 Å². The van der Waals surface area contributed by atoms with Gasteiger partial charge in [0.05, 0.1) is 6.61 Å². The van der Waals surface area contributed by atoms with E-state index in [1.807, 2.05) is 24.3 Å². The molecule has 1 aromatic rings. The Hall–Kier alpha value is -0.380. The fourth-order valence-corrected chi connectivity index (χ4v) is 1.77. The van der Waals surface area contributed by atoms with Gasteiger partial charge in [-0.1, -0.05) is 34.1 Å². The van der Waals surface area contributed by atoms with Crippen LogP contribution in [0.2, 0.25) is 0 Å². The highest BCUT2D eigenvalue weighted by atomic mass is 79.9. The number of hydrogen-bond acceptors (Lipinski definition) is 2. The van der Waals surface area contributed by atoms with E-state index < -0.39 is 0 Å². The van der Waals surface area contributed by atoms with Crippen molar-refractivity contribution in [3.05, 3.63) is 34.3 Å². The predicted octanol–water partition coefficient (Wildman–Crippen LogP) is 1.88. The monoisotopic (exact) mass is 228 g/mol. The van der Waals surface area contributed by atoms with Gasteiger partial charge in [0.15, 0.2) is 0 Å². The minimum Gasteiger partial charge on any atom is -0.394 e. The lowest BCUT2D eigenvalue weighted by molar-refractivity contribution is 0.242. The van der Waals surface area contributed by atoms with Crippen LogP contribution < -0.4 is 0 Å². The van der Waals surface area contributed by atoms with Gasteiger partial charge in [-0.2, -0.15) is 0 Å². The lowest BCUT2D eigenvalue weighted by atomic mass is 10.1. The molecule has 2 rings (SSSR count). The van der Waals surface area contributed by atoms with Crippen LogP contribution in [0.5, 0.6) is 0 Å². The summed E-state index contributed by atoms with van der Waals surface area (Å²) in [7, 11) is 0. The maximum absolute atomic E-state index is 8.79. The molecular formula is C9H9BrO2. The minimum absolute atomic E-state index is 0.00343. The van der Waals surface area contributed by atoms with Crippen LogP contribution in [-0.2, 0) is 4.74 Å². The maximum Gasteiger partial charge on any atom is 0.113 e. The maximum atomic E-state index is 8.79. The second-order valence-electron chi connectivity index (χ2n) is 2.80. The summed E-state index contributed by atoms with van der Waals surface area (Å²) in [5.41, 5.74) is 1.12. The van der Waals surface area contributed by atoms with Crippen LogP contribution in [0.1, 0.15) is 11.7 Å². The molecule has 0 aromatic heterocycles. The molecule has 1 aromatic carbocycles. The molecule has 0 saturated carbocycles. The summed E-state index contributed by atoms with van der Waals surface area (Å²) in [6.45, 7) is 0.103. The molecule has 0 spiro atoms. The SMILES string of the molecule is OCC1OC1c1ccccc1Br. The van der Waals surface area contributed by atoms with Gasteiger partial charge in [-0.25, -0.2) is 0 Å². The van der Waals surface area contributed by atoms with Gasteiger partial charge >= 0.3 is 0 Å². The zero-order valence-electron chi connectivity index (χ0n) is 6.40. The molecule has 1 fully saturated rings. The molecule has 0 amide bonds. The third-order valence-electron chi connectivity index (χ3n) is 1.97. The minimum atomic E-state index is 0.00343. The number of halogens is 1. The van der Waals surface area contributed by atoms with Crippen molar-refractivity contribution in [1.29, 1.82) is 0 Å². The molecule has 12 heavy (non-hydrogen) atoms. The first-order valence-corrected chi connectivity index (χ1v) is 4.63. The van der Waals surface area contributed by atoms with Crippen molar-refractivity contribution in [2.45, 2.75) is 12.2 Å². The van der Waals surface area contributed by atoms with Crippen LogP contribution in [-0.4, -0.2) is 17.8 Å². The first-order valence-electron chi connectivity index (χ1n) is 3.83. The van der Waals surface area contributed by atoms with Crippen LogP contribution >= 0.6 is 15.9 Å². The van der Waals surface area contributed by atoms with Crippen molar-refractivity contribution in [3.63, 3.8) is 0 Å². The second kappa shape index (κ2) is 3.17. The number of ether oxygens (including phenoxy) is 1. The first kappa shape index (κ1) is 8.23. The topological polar surface area (TPSA) is 32.8 Å². The van der Waals surface area contributed by atoms with Gasteiger partial charge in [0.25, 0.3) is 0 Å². The van der Waals surface area contributed by atoms with Crippen molar-refractivity contribution >= 4 is 15.9 Å². The smallest absolute Gasteiger partial charge is 0.113 e. The summed E-state index contributed by atoms with van der Waals surface area (Å²) in [5.74, 6) is 0. The Kier molecular flexibility index (Phi) is 2.17. The Bertz CT molecular complexity index is 288. The number of rotatable bonds is 2. The number of aliphatic hydroxyl groups is 1. The van der Waals surface area contributed by atoms with Crippen molar-refractivity contribution in [2.75, 3.05) is 6.61 Å². The predicted molar refractivity (Wildman–Crippen MR) is 48.8 cm³/mol. The largest absolute Gasteiger partial charge is 0.394 e. The number of epoxide rings is 1. The van der Waals surface area contributed by atoms with Crippen LogP contribution in [0.25, 0.3) is 0 Å². The van der Waals surface area contributed by atoms with Crippen LogP contribution in [0.3, 0.4) is 0 Å². The van der Waals surface area contributed by atoms with E-state index in [1.54, 1.807) is 0 Å². The zero-order valence-corrected chi connectivity index (χ0v) is 7.99. The highest BCUT2D eigenvalue weighted by molar-refractivity contribution is 9.10. The molecule has 1 N–H and O–H groups in total. The van der Waals surface area contributed by atoms with Crippen molar-refractivity contribution in [1.82, 2.24) is 0 Å². The van der Waals surface area contributed by atoms with E-state index in [0.29, 0.717) is 0 Å². The third kappa shape index (κ3) is 1.40. The van der Waals surface area contributed by atoms with E-state index in [4.69, 9.17) is 9.84 Å². The van der Waals surface area contributed by atoms with Gasteiger partial charge in [0.1, 0.15) is 12.2 Å². The Morgan fingerprint density at radius 3 is 2.75 bits per heavy atom. The van der Waals surface area contributed by atoms with Crippen molar-refractivity contribution in [2.24, 2.45) is 0 Å². The summed E-state index contributed by atoms with van der Waals surface area (Å²) >= 11 is 3.43. The van der Waals surface area contributed by atoms with E-state index in [2.05, 4.69) is 15.9 Å². The van der Waals surface area contributed by atoms with Crippen LogP contribution in [0, 0.1) is 0 Å². The van der Waals surface area contributed by atoms with Crippen molar-refractivity contribution in [3.8, 4) is 0 Å². The molecule has 3 heteroatoms. The number of hydrogen-bond donors (Lipinski definition) is 1. The molecule has 0 radical (unpaired) electrons. The summed E-state index contributed by atoms with van der Waals surface area (Å²) in [4.78, 5) is 0. The summed E-state index contributed by atoms with van der Waals surface area (Å²) < 4.78 is 6.30. The first-order chi connectivity index (χ1) is 5.83. The number of aliphatic hydroxyl groups excluding tert-OH is 1. The standard InChI is InChI=1S/C9H9BrO2/c10-7-4-2-1-3-6(7)9-8(5-11)12-9/h1-4,8-9,11H,5H2. The Balaban J connectivity index is 2.19. The normalized spacial score (nSPS) is 27.2. The van der Waals surface area contributed by atoms with Gasteiger partial charge in [-0.05, 0) is 11.6 Å². The van der Waals surface area contributed by atoms with E-state index in [0.717, 1.165) is 10.0 Å². The van der Waals surface area contributed by atoms with Gasteiger partial charge < -0.3 is 9.84 Å². The Morgan fingerprint density at radius 1 is 1.42 bits per heavy atom. The fourth-order valence-electron chi connectivity index (χ4n) is 1.26. The lowest BCUT2D eigenvalue weighted by Gasteiger charge is -1.97. The molecular weight excluding hydrogens is 220 g/mol. The quantitative estimate of drug-likeness (QED) is 0.785. The van der Waals surface area contributed by atoms with Crippen LogP contribution in [0.4, 0.5) is 0 Å². The summed E-state index contributed by atoms with van der Waals surface area (Å²) in [6.07, 6.45) is 0.0919. The van der Waals surface area contributed by atoms with Crippen molar-refractivity contribution < 1.29 is 9.84 Å². The second-order valence-corrected chi connectivity index (χ2v) is 3.65. The lowest BCUT2D eigenvalue weighted by Crippen LogP contribution is -1.94. The average Bonchev–Trinajstić information content (AvgIpc) is 2.84.